The Morgan fingerprint density at radius 1 is 1.53 bits per heavy atom. The largest absolute Gasteiger partial charge is 0.423 e. The van der Waals surface area contributed by atoms with Crippen LogP contribution in [0, 0.1) is 16.0 Å². The Labute approximate surface area is 109 Å². The molecule has 7 nitrogen and oxygen atoms in total. The fraction of sp³-hybridized carbons (Fsp3) is 0.417. The number of oxazole rings is 1. The summed E-state index contributed by atoms with van der Waals surface area (Å²) in [4.78, 5) is 14.3. The molecule has 1 aromatic heterocycles. The summed E-state index contributed by atoms with van der Waals surface area (Å²) in [5.74, 6) is 0.203. The van der Waals surface area contributed by atoms with Gasteiger partial charge in [0.25, 0.3) is 11.7 Å². The van der Waals surface area contributed by atoms with Crippen LogP contribution in [0.5, 0.6) is 0 Å². The molecule has 19 heavy (non-hydrogen) atoms. The van der Waals surface area contributed by atoms with Crippen molar-refractivity contribution in [3.63, 3.8) is 0 Å². The van der Waals surface area contributed by atoms with Gasteiger partial charge in [-0.2, -0.15) is 4.98 Å². The van der Waals surface area contributed by atoms with Crippen molar-refractivity contribution in [2.45, 2.75) is 19.9 Å². The number of aromatic nitrogens is 1. The molecule has 0 fully saturated rings. The van der Waals surface area contributed by atoms with Crippen LogP contribution in [0.2, 0.25) is 0 Å². The highest BCUT2D eigenvalue weighted by molar-refractivity contribution is 5.77. The van der Waals surface area contributed by atoms with Gasteiger partial charge in [0.2, 0.25) is 0 Å². The molecular formula is C12H15N3O4. The van der Waals surface area contributed by atoms with Crippen molar-refractivity contribution in [2.75, 3.05) is 11.9 Å². The van der Waals surface area contributed by atoms with Crippen molar-refractivity contribution in [2.24, 2.45) is 5.92 Å². The third-order valence-corrected chi connectivity index (χ3v) is 2.89. The van der Waals surface area contributed by atoms with Crippen LogP contribution in [0.25, 0.3) is 11.1 Å². The van der Waals surface area contributed by atoms with Crippen LogP contribution < -0.4 is 5.32 Å². The minimum absolute atomic E-state index is 0.0437. The van der Waals surface area contributed by atoms with E-state index < -0.39 is 4.92 Å². The molecule has 1 atom stereocenters. The van der Waals surface area contributed by atoms with E-state index in [2.05, 4.69) is 10.3 Å². The van der Waals surface area contributed by atoms with Gasteiger partial charge in [-0.05, 0) is 12.0 Å². The van der Waals surface area contributed by atoms with Gasteiger partial charge in [0, 0.05) is 6.07 Å². The van der Waals surface area contributed by atoms with E-state index in [1.807, 2.05) is 13.8 Å². The van der Waals surface area contributed by atoms with Crippen LogP contribution in [-0.4, -0.2) is 27.7 Å². The Hall–Kier alpha value is -2.15. The van der Waals surface area contributed by atoms with Crippen molar-refractivity contribution in [1.29, 1.82) is 0 Å². The average molecular weight is 265 g/mol. The summed E-state index contributed by atoms with van der Waals surface area (Å²) in [6.07, 6.45) is 0. The molecule has 1 heterocycles. The van der Waals surface area contributed by atoms with Gasteiger partial charge >= 0.3 is 0 Å². The lowest BCUT2D eigenvalue weighted by Gasteiger charge is -2.18. The normalized spacial score (nSPS) is 12.8. The number of aliphatic hydroxyl groups excluding tert-OH is 1. The molecule has 0 bridgehead atoms. The monoisotopic (exact) mass is 265 g/mol. The third-order valence-electron chi connectivity index (χ3n) is 2.89. The number of hydrogen-bond acceptors (Lipinski definition) is 6. The third kappa shape index (κ3) is 2.82. The predicted octanol–water partition coefficient (Wildman–Crippen LogP) is 2.16. The molecule has 0 aliphatic rings. The molecule has 0 spiro atoms. The Morgan fingerprint density at radius 3 is 2.84 bits per heavy atom. The van der Waals surface area contributed by atoms with Crippen molar-refractivity contribution in [3.8, 4) is 0 Å². The Kier molecular flexibility index (Phi) is 3.66. The number of nitrogens with one attached hydrogen (secondary N) is 1. The van der Waals surface area contributed by atoms with Crippen LogP contribution >= 0.6 is 0 Å². The van der Waals surface area contributed by atoms with E-state index >= 15 is 0 Å². The predicted molar refractivity (Wildman–Crippen MR) is 70.0 cm³/mol. The molecule has 2 rings (SSSR count). The number of nitrogens with zero attached hydrogens (tertiary/aromatic N) is 2. The number of anilines is 1. The first-order chi connectivity index (χ1) is 9.01. The second-order valence-electron chi connectivity index (χ2n) is 4.61. The fourth-order valence-corrected chi connectivity index (χ4v) is 1.67. The molecule has 102 valence electrons. The van der Waals surface area contributed by atoms with E-state index in [-0.39, 0.29) is 30.3 Å². The van der Waals surface area contributed by atoms with Gasteiger partial charge in [0.1, 0.15) is 5.52 Å². The molecule has 0 radical (unpaired) electrons. The molecule has 0 amide bonds. The van der Waals surface area contributed by atoms with Crippen LogP contribution in [0.1, 0.15) is 13.8 Å². The van der Waals surface area contributed by atoms with Crippen LogP contribution in [0.3, 0.4) is 0 Å². The van der Waals surface area contributed by atoms with Gasteiger partial charge in [-0.25, -0.2) is 0 Å². The lowest BCUT2D eigenvalue weighted by atomic mass is 10.1. The van der Waals surface area contributed by atoms with Crippen molar-refractivity contribution < 1.29 is 14.4 Å². The zero-order valence-corrected chi connectivity index (χ0v) is 10.7. The molecule has 7 heteroatoms. The Bertz CT molecular complexity index is 594. The van der Waals surface area contributed by atoms with Crippen molar-refractivity contribution in [3.05, 3.63) is 28.3 Å². The summed E-state index contributed by atoms with van der Waals surface area (Å²) >= 11 is 0. The summed E-state index contributed by atoms with van der Waals surface area (Å²) in [6, 6.07) is 4.31. The molecule has 0 aliphatic heterocycles. The molecule has 2 N–H and O–H groups in total. The van der Waals surface area contributed by atoms with E-state index in [1.165, 1.54) is 18.2 Å². The molecule has 0 saturated carbocycles. The average Bonchev–Trinajstić information content (AvgIpc) is 2.76. The van der Waals surface area contributed by atoms with Crippen LogP contribution in [0.4, 0.5) is 11.7 Å². The number of aliphatic hydroxyl groups is 1. The number of nitro benzene ring substituents is 1. The summed E-state index contributed by atoms with van der Waals surface area (Å²) in [5, 5.41) is 22.9. The summed E-state index contributed by atoms with van der Waals surface area (Å²) in [5.41, 5.74) is 0.837. The quantitative estimate of drug-likeness (QED) is 0.634. The number of fused-ring (bicyclic) bond motifs is 1. The van der Waals surface area contributed by atoms with E-state index in [0.717, 1.165) is 0 Å². The standard InChI is InChI=1S/C12H15N3O4/c1-7(2)10(6-16)14-12-13-9-4-3-8(15(17)18)5-11(9)19-12/h3-5,7,10,16H,6H2,1-2H3,(H,13,14)/t10-/m1/s1. The Morgan fingerprint density at radius 2 is 2.26 bits per heavy atom. The first-order valence-corrected chi connectivity index (χ1v) is 5.93. The molecule has 2 aromatic rings. The van der Waals surface area contributed by atoms with E-state index in [0.29, 0.717) is 11.1 Å². The molecule has 1 aromatic carbocycles. The van der Waals surface area contributed by atoms with E-state index in [4.69, 9.17) is 4.42 Å². The second kappa shape index (κ2) is 5.23. The maximum atomic E-state index is 10.7. The van der Waals surface area contributed by atoms with Gasteiger partial charge in [-0.3, -0.25) is 10.1 Å². The highest BCUT2D eigenvalue weighted by atomic mass is 16.6. The number of rotatable bonds is 5. The maximum Gasteiger partial charge on any atom is 0.295 e. The minimum atomic E-state index is -0.486. The number of hydrogen-bond donors (Lipinski definition) is 2. The zero-order valence-electron chi connectivity index (χ0n) is 10.7. The number of benzene rings is 1. The lowest BCUT2D eigenvalue weighted by molar-refractivity contribution is -0.384. The lowest BCUT2D eigenvalue weighted by Crippen LogP contribution is -2.29. The van der Waals surface area contributed by atoms with Gasteiger partial charge in [-0.1, -0.05) is 13.8 Å². The van der Waals surface area contributed by atoms with Gasteiger partial charge in [0.15, 0.2) is 5.58 Å². The fourth-order valence-electron chi connectivity index (χ4n) is 1.67. The SMILES string of the molecule is CC(C)[C@@H](CO)Nc1nc2ccc([N+](=O)[O-])cc2o1. The first-order valence-electron chi connectivity index (χ1n) is 5.93. The number of non-ortho nitro benzene ring substituents is 1. The van der Waals surface area contributed by atoms with E-state index in [9.17, 15) is 15.2 Å². The highest BCUT2D eigenvalue weighted by Crippen LogP contribution is 2.24. The molecule has 0 aliphatic carbocycles. The summed E-state index contributed by atoms with van der Waals surface area (Å²) in [7, 11) is 0. The van der Waals surface area contributed by atoms with Crippen molar-refractivity contribution >= 4 is 22.8 Å². The molecule has 0 unspecified atom stereocenters. The summed E-state index contributed by atoms with van der Waals surface area (Å²) in [6.45, 7) is 3.87. The summed E-state index contributed by atoms with van der Waals surface area (Å²) < 4.78 is 5.40. The zero-order chi connectivity index (χ0) is 14.0. The van der Waals surface area contributed by atoms with Crippen molar-refractivity contribution in [1.82, 2.24) is 4.98 Å². The van der Waals surface area contributed by atoms with E-state index in [1.54, 1.807) is 0 Å². The van der Waals surface area contributed by atoms with Gasteiger partial charge < -0.3 is 14.8 Å². The Balaban J connectivity index is 2.28. The van der Waals surface area contributed by atoms with Crippen LogP contribution in [-0.2, 0) is 0 Å². The molecule has 0 saturated heterocycles. The smallest absolute Gasteiger partial charge is 0.295 e. The first kappa shape index (κ1) is 13.3. The van der Waals surface area contributed by atoms with Gasteiger partial charge in [0.05, 0.1) is 23.6 Å². The second-order valence-corrected chi connectivity index (χ2v) is 4.61. The topological polar surface area (TPSA) is 101 Å². The highest BCUT2D eigenvalue weighted by Gasteiger charge is 2.16. The molecular weight excluding hydrogens is 250 g/mol. The maximum absolute atomic E-state index is 10.7. The number of nitro groups is 1. The van der Waals surface area contributed by atoms with Gasteiger partial charge in [-0.15, -0.1) is 0 Å². The van der Waals surface area contributed by atoms with Crippen LogP contribution in [0.15, 0.2) is 22.6 Å². The minimum Gasteiger partial charge on any atom is -0.423 e.